The predicted octanol–water partition coefficient (Wildman–Crippen LogP) is 4.75. The Bertz CT molecular complexity index is 719. The molecule has 0 saturated heterocycles. The van der Waals surface area contributed by atoms with Gasteiger partial charge in [-0.05, 0) is 42.9 Å². The molecule has 0 aliphatic carbocycles. The lowest BCUT2D eigenvalue weighted by Gasteiger charge is -2.15. The first-order chi connectivity index (χ1) is 10.2. The molecule has 5 heteroatoms. The number of benzene rings is 2. The lowest BCUT2D eigenvalue weighted by molar-refractivity contribution is 0.474. The second-order valence-electron chi connectivity index (χ2n) is 4.82. The van der Waals surface area contributed by atoms with Crippen LogP contribution >= 0.6 is 27.5 Å². The molecule has 3 rings (SSSR count). The van der Waals surface area contributed by atoms with Gasteiger partial charge >= 0.3 is 0 Å². The van der Waals surface area contributed by atoms with Crippen molar-refractivity contribution in [3.63, 3.8) is 0 Å². The fourth-order valence-electron chi connectivity index (χ4n) is 2.34. The zero-order valence-electron chi connectivity index (χ0n) is 11.4. The van der Waals surface area contributed by atoms with Crippen molar-refractivity contribution >= 4 is 38.6 Å². The quantitative estimate of drug-likeness (QED) is 0.725. The molecule has 108 valence electrons. The summed E-state index contributed by atoms with van der Waals surface area (Å²) in [7, 11) is 1.92. The molecule has 21 heavy (non-hydrogen) atoms. The maximum atomic E-state index is 6.12. The minimum Gasteiger partial charge on any atom is -0.441 e. The Morgan fingerprint density at radius 2 is 2.10 bits per heavy atom. The average Bonchev–Trinajstić information content (AvgIpc) is 2.86. The highest BCUT2D eigenvalue weighted by atomic mass is 79.9. The van der Waals surface area contributed by atoms with Gasteiger partial charge in [0, 0.05) is 22.0 Å². The SMILES string of the molecule is CNC(Cc1nc2ccccc2o1)c1cc(Cl)cc(Br)c1. The molecule has 0 aliphatic heterocycles. The number of rotatable bonds is 4. The molecule has 0 bridgehead atoms. The minimum absolute atomic E-state index is 0.0908. The summed E-state index contributed by atoms with van der Waals surface area (Å²) in [5, 5.41) is 3.99. The lowest BCUT2D eigenvalue weighted by atomic mass is 10.0. The molecule has 0 spiro atoms. The second-order valence-corrected chi connectivity index (χ2v) is 6.18. The predicted molar refractivity (Wildman–Crippen MR) is 88.7 cm³/mol. The maximum Gasteiger partial charge on any atom is 0.197 e. The van der Waals surface area contributed by atoms with E-state index in [2.05, 4.69) is 32.3 Å². The number of para-hydroxylation sites is 2. The van der Waals surface area contributed by atoms with Gasteiger partial charge in [-0.3, -0.25) is 0 Å². The van der Waals surface area contributed by atoms with E-state index in [4.69, 9.17) is 16.0 Å². The number of aromatic nitrogens is 1. The Morgan fingerprint density at radius 3 is 2.81 bits per heavy atom. The third-order valence-electron chi connectivity index (χ3n) is 3.35. The van der Waals surface area contributed by atoms with Crippen LogP contribution < -0.4 is 5.32 Å². The van der Waals surface area contributed by atoms with Crippen LogP contribution in [0, 0.1) is 0 Å². The summed E-state index contributed by atoms with van der Waals surface area (Å²) >= 11 is 9.59. The third-order valence-corrected chi connectivity index (χ3v) is 4.03. The van der Waals surface area contributed by atoms with E-state index in [9.17, 15) is 0 Å². The zero-order chi connectivity index (χ0) is 14.8. The molecule has 3 nitrogen and oxygen atoms in total. The molecule has 1 unspecified atom stereocenters. The van der Waals surface area contributed by atoms with Gasteiger partial charge in [0.1, 0.15) is 5.52 Å². The van der Waals surface area contributed by atoms with Crippen molar-refractivity contribution in [1.82, 2.24) is 10.3 Å². The van der Waals surface area contributed by atoms with Crippen LogP contribution in [0.3, 0.4) is 0 Å². The van der Waals surface area contributed by atoms with Crippen molar-refractivity contribution in [1.29, 1.82) is 0 Å². The Balaban J connectivity index is 1.89. The van der Waals surface area contributed by atoms with Crippen LogP contribution in [-0.2, 0) is 6.42 Å². The van der Waals surface area contributed by atoms with Crippen LogP contribution in [0.25, 0.3) is 11.1 Å². The Labute approximate surface area is 136 Å². The van der Waals surface area contributed by atoms with Gasteiger partial charge < -0.3 is 9.73 Å². The van der Waals surface area contributed by atoms with Crippen LogP contribution in [0.2, 0.25) is 5.02 Å². The van der Waals surface area contributed by atoms with Gasteiger partial charge in [0.05, 0.1) is 0 Å². The van der Waals surface area contributed by atoms with E-state index in [1.165, 1.54) is 0 Å². The number of hydrogen-bond donors (Lipinski definition) is 1. The van der Waals surface area contributed by atoms with Crippen LogP contribution in [-0.4, -0.2) is 12.0 Å². The van der Waals surface area contributed by atoms with E-state index in [1.54, 1.807) is 0 Å². The van der Waals surface area contributed by atoms with Gasteiger partial charge in [0.25, 0.3) is 0 Å². The van der Waals surface area contributed by atoms with Crippen molar-refractivity contribution in [2.45, 2.75) is 12.5 Å². The fraction of sp³-hybridized carbons (Fsp3) is 0.188. The zero-order valence-corrected chi connectivity index (χ0v) is 13.8. The van der Waals surface area contributed by atoms with Crippen molar-refractivity contribution < 1.29 is 4.42 Å². The molecule has 0 saturated carbocycles. The number of likely N-dealkylation sites (N-methyl/N-ethyl adjacent to an activating group) is 1. The minimum atomic E-state index is 0.0908. The van der Waals surface area contributed by atoms with Crippen LogP contribution in [0.15, 0.2) is 51.4 Å². The van der Waals surface area contributed by atoms with E-state index < -0.39 is 0 Å². The van der Waals surface area contributed by atoms with Crippen molar-refractivity contribution in [2.75, 3.05) is 7.05 Å². The number of halogens is 2. The molecule has 1 N–H and O–H groups in total. The van der Waals surface area contributed by atoms with Crippen molar-refractivity contribution in [3.8, 4) is 0 Å². The third kappa shape index (κ3) is 3.28. The molecule has 0 fully saturated rings. The molecule has 0 radical (unpaired) electrons. The van der Waals surface area contributed by atoms with E-state index >= 15 is 0 Å². The molecule has 1 heterocycles. The molecule has 1 atom stereocenters. The summed E-state index contributed by atoms with van der Waals surface area (Å²) in [4.78, 5) is 4.52. The number of nitrogens with one attached hydrogen (secondary N) is 1. The summed E-state index contributed by atoms with van der Waals surface area (Å²) in [6.07, 6.45) is 0.665. The number of oxazole rings is 1. The molecule has 3 aromatic rings. The Kier molecular flexibility index (Phi) is 4.29. The smallest absolute Gasteiger partial charge is 0.197 e. The molecule has 0 amide bonds. The van der Waals surface area contributed by atoms with E-state index in [1.807, 2.05) is 43.4 Å². The molecular formula is C16H14BrClN2O. The Morgan fingerprint density at radius 1 is 1.29 bits per heavy atom. The largest absolute Gasteiger partial charge is 0.441 e. The number of fused-ring (bicyclic) bond motifs is 1. The first-order valence-electron chi connectivity index (χ1n) is 6.63. The Hall–Kier alpha value is -1.36. The van der Waals surface area contributed by atoms with E-state index in [-0.39, 0.29) is 6.04 Å². The standard InChI is InChI=1S/C16H14BrClN2O/c1-19-14(10-6-11(17)8-12(18)7-10)9-16-20-13-4-2-3-5-15(13)21-16/h2-8,14,19H,9H2,1H3. The van der Waals surface area contributed by atoms with Crippen molar-refractivity contribution in [2.24, 2.45) is 0 Å². The molecule has 2 aromatic carbocycles. The van der Waals surface area contributed by atoms with Gasteiger partial charge in [-0.2, -0.15) is 0 Å². The van der Waals surface area contributed by atoms with Crippen molar-refractivity contribution in [3.05, 3.63) is 63.4 Å². The second kappa shape index (κ2) is 6.18. The summed E-state index contributed by atoms with van der Waals surface area (Å²) in [5.74, 6) is 0.714. The summed E-state index contributed by atoms with van der Waals surface area (Å²) in [6.45, 7) is 0. The normalized spacial score (nSPS) is 12.7. The maximum absolute atomic E-state index is 6.12. The molecular weight excluding hydrogens is 352 g/mol. The van der Waals surface area contributed by atoms with Gasteiger partial charge in [-0.1, -0.05) is 39.7 Å². The summed E-state index contributed by atoms with van der Waals surface area (Å²) < 4.78 is 6.75. The van der Waals surface area contributed by atoms with Gasteiger partial charge in [-0.15, -0.1) is 0 Å². The molecule has 1 aromatic heterocycles. The number of nitrogens with zero attached hydrogens (tertiary/aromatic N) is 1. The monoisotopic (exact) mass is 364 g/mol. The molecule has 0 aliphatic rings. The highest BCUT2D eigenvalue weighted by molar-refractivity contribution is 9.10. The summed E-state index contributed by atoms with van der Waals surface area (Å²) in [5.41, 5.74) is 2.79. The first-order valence-corrected chi connectivity index (χ1v) is 7.80. The highest BCUT2D eigenvalue weighted by Gasteiger charge is 2.15. The highest BCUT2D eigenvalue weighted by Crippen LogP contribution is 2.26. The first kappa shape index (κ1) is 14.6. The fourth-order valence-corrected chi connectivity index (χ4v) is 3.23. The number of hydrogen-bond acceptors (Lipinski definition) is 3. The van der Waals surface area contributed by atoms with Crippen LogP contribution in [0.5, 0.6) is 0 Å². The average molecular weight is 366 g/mol. The van der Waals surface area contributed by atoms with E-state index in [0.717, 1.165) is 21.1 Å². The van der Waals surface area contributed by atoms with Crippen LogP contribution in [0.1, 0.15) is 17.5 Å². The van der Waals surface area contributed by atoms with Gasteiger partial charge in [-0.25, -0.2) is 4.98 Å². The van der Waals surface area contributed by atoms with E-state index in [0.29, 0.717) is 17.3 Å². The van der Waals surface area contributed by atoms with Gasteiger partial charge in [0.2, 0.25) is 0 Å². The lowest BCUT2D eigenvalue weighted by Crippen LogP contribution is -2.19. The van der Waals surface area contributed by atoms with Gasteiger partial charge in [0.15, 0.2) is 11.5 Å². The summed E-state index contributed by atoms with van der Waals surface area (Å²) in [6, 6.07) is 13.7. The van der Waals surface area contributed by atoms with Crippen LogP contribution in [0.4, 0.5) is 0 Å². The topological polar surface area (TPSA) is 38.1 Å².